The summed E-state index contributed by atoms with van der Waals surface area (Å²) in [6.07, 6.45) is 7.07. The maximum atomic E-state index is 9.16. The van der Waals surface area contributed by atoms with Gasteiger partial charge in [-0.1, -0.05) is 11.3 Å². The number of rotatable bonds is 5. The summed E-state index contributed by atoms with van der Waals surface area (Å²) in [5.74, 6) is 0. The second-order valence-corrected chi connectivity index (χ2v) is 9.38. The van der Waals surface area contributed by atoms with Crippen LogP contribution in [0.5, 0.6) is 0 Å². The number of pyridine rings is 1. The van der Waals surface area contributed by atoms with Crippen LogP contribution in [-0.4, -0.2) is 57.0 Å². The van der Waals surface area contributed by atoms with Crippen molar-refractivity contribution in [1.29, 1.82) is 5.26 Å². The predicted octanol–water partition coefficient (Wildman–Crippen LogP) is 3.16. The molecule has 1 saturated heterocycles. The summed E-state index contributed by atoms with van der Waals surface area (Å²) in [7, 11) is 0. The average Bonchev–Trinajstić information content (AvgIpc) is 3.49. The fraction of sp³-hybridized carbons (Fsp3) is 0.348. The number of nitrogens with zero attached hydrogens (tertiary/aromatic N) is 7. The summed E-state index contributed by atoms with van der Waals surface area (Å²) in [4.78, 5) is 7.06. The van der Waals surface area contributed by atoms with Gasteiger partial charge >= 0.3 is 0 Å². The van der Waals surface area contributed by atoms with Gasteiger partial charge in [0, 0.05) is 44.1 Å². The van der Waals surface area contributed by atoms with Gasteiger partial charge in [0.2, 0.25) is 5.13 Å². The normalized spacial score (nSPS) is 16.5. The zero-order valence-electron chi connectivity index (χ0n) is 18.0. The number of aromatic nitrogens is 5. The van der Waals surface area contributed by atoms with Crippen LogP contribution >= 0.6 is 11.3 Å². The van der Waals surface area contributed by atoms with Crippen molar-refractivity contribution in [2.45, 2.75) is 25.3 Å². The zero-order valence-corrected chi connectivity index (χ0v) is 18.8. The highest BCUT2D eigenvalue weighted by molar-refractivity contribution is 7.18. The van der Waals surface area contributed by atoms with Crippen LogP contribution in [0.4, 0.5) is 10.8 Å². The van der Waals surface area contributed by atoms with Gasteiger partial charge in [0.15, 0.2) is 5.01 Å². The minimum atomic E-state index is 0.472. The molecule has 4 aromatic rings. The molecule has 0 bridgehead atoms. The van der Waals surface area contributed by atoms with E-state index in [1.54, 1.807) is 17.5 Å². The number of nitrogens with one attached hydrogen (secondary N) is 2. The van der Waals surface area contributed by atoms with Crippen LogP contribution in [0.1, 0.15) is 24.8 Å². The van der Waals surface area contributed by atoms with E-state index in [2.05, 4.69) is 43.0 Å². The lowest BCUT2D eigenvalue weighted by Crippen LogP contribution is -2.43. The van der Waals surface area contributed by atoms with Gasteiger partial charge < -0.3 is 15.5 Å². The number of hydrogen-bond acceptors (Lipinski definition) is 9. The smallest absolute Gasteiger partial charge is 0.208 e. The Bertz CT molecular complexity index is 1340. The average molecular weight is 458 g/mol. The third-order valence-electron chi connectivity index (χ3n) is 6.29. The Labute approximate surface area is 195 Å². The Kier molecular flexibility index (Phi) is 5.13. The molecule has 0 unspecified atom stereocenters. The van der Waals surface area contributed by atoms with Crippen molar-refractivity contribution >= 4 is 27.7 Å². The van der Waals surface area contributed by atoms with Crippen molar-refractivity contribution < 1.29 is 0 Å². The van der Waals surface area contributed by atoms with Gasteiger partial charge in [-0.2, -0.15) is 10.4 Å². The van der Waals surface area contributed by atoms with Gasteiger partial charge in [0.25, 0.3) is 0 Å². The molecule has 9 nitrogen and oxygen atoms in total. The van der Waals surface area contributed by atoms with Crippen LogP contribution in [-0.2, 0) is 0 Å². The number of piperazine rings is 1. The molecule has 2 aliphatic rings. The van der Waals surface area contributed by atoms with Crippen LogP contribution in [0.25, 0.3) is 27.5 Å². The van der Waals surface area contributed by atoms with Crippen molar-refractivity contribution in [3.05, 3.63) is 42.2 Å². The molecule has 0 amide bonds. The molecule has 2 fully saturated rings. The summed E-state index contributed by atoms with van der Waals surface area (Å²) in [6.45, 7) is 3.82. The first-order valence-electron chi connectivity index (χ1n) is 11.2. The molecule has 0 spiro atoms. The molecule has 5 heterocycles. The Balaban J connectivity index is 1.38. The summed E-state index contributed by atoms with van der Waals surface area (Å²) >= 11 is 1.62. The maximum Gasteiger partial charge on any atom is 0.208 e. The highest BCUT2D eigenvalue weighted by atomic mass is 32.1. The van der Waals surface area contributed by atoms with E-state index < -0.39 is 0 Å². The zero-order chi connectivity index (χ0) is 22.2. The van der Waals surface area contributed by atoms with Crippen molar-refractivity contribution in [3.63, 3.8) is 0 Å². The molecule has 166 valence electrons. The predicted molar refractivity (Wildman–Crippen MR) is 128 cm³/mol. The van der Waals surface area contributed by atoms with Gasteiger partial charge in [0.1, 0.15) is 6.07 Å². The van der Waals surface area contributed by atoms with E-state index in [0.29, 0.717) is 11.6 Å². The second-order valence-electron chi connectivity index (χ2n) is 8.43. The molecular formula is C23H23N9S. The second kappa shape index (κ2) is 8.42. The molecule has 6 rings (SSSR count). The summed E-state index contributed by atoms with van der Waals surface area (Å²) < 4.78 is 1.82. The lowest BCUT2D eigenvalue weighted by Gasteiger charge is -2.28. The molecule has 0 aromatic carbocycles. The molecule has 0 atom stereocenters. The van der Waals surface area contributed by atoms with E-state index >= 15 is 0 Å². The first-order valence-corrected chi connectivity index (χ1v) is 12.0. The Morgan fingerprint density at radius 2 is 2.00 bits per heavy atom. The van der Waals surface area contributed by atoms with Crippen LogP contribution in [0, 0.1) is 11.3 Å². The number of hydrogen-bond donors (Lipinski definition) is 2. The van der Waals surface area contributed by atoms with Crippen molar-refractivity contribution in [3.8, 4) is 28.0 Å². The largest absolute Gasteiger partial charge is 0.382 e. The SMILES string of the molecule is N#Cc1cnn2c(-c3cc(NC4CCC4)c(-c4nnc(N5CCNCC5)s4)cn3)ccc2c1. The minimum Gasteiger partial charge on any atom is -0.382 e. The number of anilines is 2. The van der Waals surface area contributed by atoms with Gasteiger partial charge in [-0.05, 0) is 43.5 Å². The van der Waals surface area contributed by atoms with Gasteiger partial charge in [-0.15, -0.1) is 10.2 Å². The standard InChI is InChI=1S/C23H23N9S/c24-12-15-10-17-4-5-21(32(17)27-13-15)20-11-19(28-16-2-1-3-16)18(14-26-20)22-29-30-23(33-22)31-8-6-25-7-9-31/h4-5,10-11,13-14,16,25H,1-3,6-9H2,(H,26,28). The fourth-order valence-corrected chi connectivity index (χ4v) is 5.14. The van der Waals surface area contributed by atoms with Gasteiger partial charge in [-0.25, -0.2) is 4.52 Å². The number of nitriles is 1. The molecule has 1 saturated carbocycles. The maximum absolute atomic E-state index is 9.16. The molecule has 0 radical (unpaired) electrons. The van der Waals surface area contributed by atoms with E-state index in [1.165, 1.54) is 19.3 Å². The van der Waals surface area contributed by atoms with Crippen molar-refractivity contribution in [2.24, 2.45) is 0 Å². The summed E-state index contributed by atoms with van der Waals surface area (Å²) in [5.41, 5.74) is 5.12. The Morgan fingerprint density at radius 1 is 1.12 bits per heavy atom. The molecule has 10 heteroatoms. The van der Waals surface area contributed by atoms with E-state index in [4.69, 9.17) is 10.2 Å². The van der Waals surface area contributed by atoms with Crippen LogP contribution < -0.4 is 15.5 Å². The van der Waals surface area contributed by atoms with Crippen molar-refractivity contribution in [2.75, 3.05) is 36.4 Å². The Morgan fingerprint density at radius 3 is 2.79 bits per heavy atom. The van der Waals surface area contributed by atoms with E-state index in [1.807, 2.05) is 28.9 Å². The molecule has 4 aromatic heterocycles. The lowest BCUT2D eigenvalue weighted by molar-refractivity contribution is 0.445. The summed E-state index contributed by atoms with van der Waals surface area (Å²) in [5, 5.41) is 31.5. The van der Waals surface area contributed by atoms with E-state index in [9.17, 15) is 0 Å². The quantitative estimate of drug-likeness (QED) is 0.471. The van der Waals surface area contributed by atoms with E-state index in [-0.39, 0.29) is 0 Å². The molecule has 33 heavy (non-hydrogen) atoms. The van der Waals surface area contributed by atoms with E-state index in [0.717, 1.165) is 64.5 Å². The highest BCUT2D eigenvalue weighted by Gasteiger charge is 2.22. The fourth-order valence-electron chi connectivity index (χ4n) is 4.22. The third kappa shape index (κ3) is 3.79. The highest BCUT2D eigenvalue weighted by Crippen LogP contribution is 2.37. The molecule has 1 aliphatic heterocycles. The molecule has 2 N–H and O–H groups in total. The van der Waals surface area contributed by atoms with Crippen LogP contribution in [0.15, 0.2) is 36.7 Å². The summed E-state index contributed by atoms with van der Waals surface area (Å²) in [6, 6.07) is 10.5. The van der Waals surface area contributed by atoms with Gasteiger partial charge in [-0.3, -0.25) is 4.98 Å². The minimum absolute atomic E-state index is 0.472. The van der Waals surface area contributed by atoms with Crippen molar-refractivity contribution in [1.82, 2.24) is 30.1 Å². The molecular weight excluding hydrogens is 434 g/mol. The van der Waals surface area contributed by atoms with Crippen LogP contribution in [0.2, 0.25) is 0 Å². The monoisotopic (exact) mass is 457 g/mol. The topological polar surface area (TPSA) is 107 Å². The van der Waals surface area contributed by atoms with Gasteiger partial charge in [0.05, 0.1) is 34.2 Å². The first-order chi connectivity index (χ1) is 16.3. The third-order valence-corrected chi connectivity index (χ3v) is 7.31. The lowest BCUT2D eigenvalue weighted by atomic mass is 9.92. The molecule has 1 aliphatic carbocycles. The number of fused-ring (bicyclic) bond motifs is 1. The Hall–Kier alpha value is -3.55. The first kappa shape index (κ1) is 20.1. The van der Waals surface area contributed by atoms with Crippen LogP contribution in [0.3, 0.4) is 0 Å².